The van der Waals surface area contributed by atoms with E-state index in [1.54, 1.807) is 44.2 Å². The van der Waals surface area contributed by atoms with Crippen LogP contribution in [0.2, 0.25) is 0 Å². The zero-order valence-corrected chi connectivity index (χ0v) is 16.4. The van der Waals surface area contributed by atoms with Gasteiger partial charge in [-0.1, -0.05) is 30.3 Å². The third-order valence-corrected chi connectivity index (χ3v) is 4.37. The van der Waals surface area contributed by atoms with Crippen LogP contribution >= 0.6 is 0 Å². The molecule has 2 aromatic carbocycles. The summed E-state index contributed by atoms with van der Waals surface area (Å²) in [6.45, 7) is 3.06. The van der Waals surface area contributed by atoms with E-state index in [1.165, 1.54) is 0 Å². The fourth-order valence-corrected chi connectivity index (χ4v) is 3.12. The molecule has 2 aromatic rings. The van der Waals surface area contributed by atoms with Crippen LogP contribution < -0.4 is 4.74 Å². The highest BCUT2D eigenvalue weighted by molar-refractivity contribution is 6.22. The Morgan fingerprint density at radius 3 is 2.17 bits per heavy atom. The molecule has 0 aromatic heterocycles. The van der Waals surface area contributed by atoms with Crippen molar-refractivity contribution >= 4 is 17.8 Å². The van der Waals surface area contributed by atoms with Crippen molar-refractivity contribution in [3.63, 3.8) is 0 Å². The molecule has 0 saturated carbocycles. The van der Waals surface area contributed by atoms with Gasteiger partial charge >= 0.3 is 5.97 Å². The molecule has 1 aliphatic rings. The molecule has 0 aliphatic carbocycles. The first-order valence-electron chi connectivity index (χ1n) is 9.30. The summed E-state index contributed by atoms with van der Waals surface area (Å²) >= 11 is 0. The average Bonchev–Trinajstić information content (AvgIpc) is 2.90. The van der Waals surface area contributed by atoms with Gasteiger partial charge in [0, 0.05) is 6.42 Å². The zero-order chi connectivity index (χ0) is 21.0. The second-order valence-electron chi connectivity index (χ2n) is 7.41. The molecule has 0 fully saturated rings. The van der Waals surface area contributed by atoms with Crippen LogP contribution in [0.1, 0.15) is 40.1 Å². The molecule has 29 heavy (non-hydrogen) atoms. The SMILES string of the molecule is CC(C)(O)Cc1ccccc1OCCOC(=O)CN1C(=O)c2ccccc2C1=O. The van der Waals surface area contributed by atoms with Gasteiger partial charge in [0.25, 0.3) is 11.8 Å². The van der Waals surface area contributed by atoms with Crippen molar-refractivity contribution < 1.29 is 29.0 Å². The minimum Gasteiger partial charge on any atom is -0.490 e. The molecule has 0 radical (unpaired) electrons. The van der Waals surface area contributed by atoms with Crippen LogP contribution in [0.4, 0.5) is 0 Å². The number of hydrogen-bond acceptors (Lipinski definition) is 6. The van der Waals surface area contributed by atoms with Crippen LogP contribution in [0.5, 0.6) is 5.75 Å². The van der Waals surface area contributed by atoms with Crippen molar-refractivity contribution in [1.29, 1.82) is 0 Å². The number of nitrogens with zero attached hydrogens (tertiary/aromatic N) is 1. The monoisotopic (exact) mass is 397 g/mol. The molecule has 0 atom stereocenters. The highest BCUT2D eigenvalue weighted by Gasteiger charge is 2.36. The Morgan fingerprint density at radius 1 is 0.966 bits per heavy atom. The largest absolute Gasteiger partial charge is 0.490 e. The highest BCUT2D eigenvalue weighted by atomic mass is 16.6. The van der Waals surface area contributed by atoms with Crippen LogP contribution in [0.15, 0.2) is 48.5 Å². The molecule has 7 nitrogen and oxygen atoms in total. The summed E-state index contributed by atoms with van der Waals surface area (Å²) in [5.74, 6) is -1.09. The molecular weight excluding hydrogens is 374 g/mol. The molecular formula is C22H23NO6. The van der Waals surface area contributed by atoms with Crippen LogP contribution in [0.3, 0.4) is 0 Å². The number of amides is 2. The summed E-state index contributed by atoms with van der Waals surface area (Å²) in [5, 5.41) is 10.00. The Balaban J connectivity index is 1.48. The maximum Gasteiger partial charge on any atom is 0.326 e. The first-order chi connectivity index (χ1) is 13.8. The molecule has 7 heteroatoms. The number of carbonyl (C=O) groups excluding carboxylic acids is 3. The minimum absolute atomic E-state index is 0.0289. The van der Waals surface area contributed by atoms with Gasteiger partial charge in [0.2, 0.25) is 0 Å². The molecule has 1 aliphatic heterocycles. The second-order valence-corrected chi connectivity index (χ2v) is 7.41. The number of imide groups is 1. The number of rotatable bonds is 8. The molecule has 0 bridgehead atoms. The van der Waals surface area contributed by atoms with Crippen molar-refractivity contribution in [3.8, 4) is 5.75 Å². The maximum absolute atomic E-state index is 12.3. The fraction of sp³-hybridized carbons (Fsp3) is 0.318. The van der Waals surface area contributed by atoms with E-state index in [2.05, 4.69) is 0 Å². The number of aliphatic hydroxyl groups is 1. The number of ether oxygens (including phenoxy) is 2. The Labute approximate surface area is 168 Å². The summed E-state index contributed by atoms with van der Waals surface area (Å²) in [6, 6.07) is 13.8. The van der Waals surface area contributed by atoms with Crippen molar-refractivity contribution in [2.45, 2.75) is 25.9 Å². The van der Waals surface area contributed by atoms with Gasteiger partial charge in [0.15, 0.2) is 0 Å². The number of hydrogen-bond donors (Lipinski definition) is 1. The number of para-hydroxylation sites is 1. The van der Waals surface area contributed by atoms with Crippen molar-refractivity contribution in [2.24, 2.45) is 0 Å². The summed E-state index contributed by atoms with van der Waals surface area (Å²) in [7, 11) is 0. The van der Waals surface area contributed by atoms with E-state index in [1.807, 2.05) is 18.2 Å². The van der Waals surface area contributed by atoms with E-state index in [0.717, 1.165) is 10.5 Å². The molecule has 1 N–H and O–H groups in total. The molecule has 3 rings (SSSR count). The lowest BCUT2D eigenvalue weighted by molar-refractivity contribution is -0.144. The van der Waals surface area contributed by atoms with Gasteiger partial charge in [-0.05, 0) is 37.6 Å². The van der Waals surface area contributed by atoms with Crippen molar-refractivity contribution in [3.05, 3.63) is 65.2 Å². The number of carbonyl (C=O) groups is 3. The lowest BCUT2D eigenvalue weighted by atomic mass is 9.98. The lowest BCUT2D eigenvalue weighted by Crippen LogP contribution is -2.36. The van der Waals surface area contributed by atoms with Crippen LogP contribution in [-0.2, 0) is 16.0 Å². The van der Waals surface area contributed by atoms with Gasteiger partial charge in [0.1, 0.15) is 25.5 Å². The third-order valence-electron chi connectivity index (χ3n) is 4.37. The predicted octanol–water partition coefficient (Wildman–Crippen LogP) is 2.22. The van der Waals surface area contributed by atoms with Gasteiger partial charge in [-0.15, -0.1) is 0 Å². The van der Waals surface area contributed by atoms with Gasteiger partial charge in [0.05, 0.1) is 16.7 Å². The Morgan fingerprint density at radius 2 is 1.55 bits per heavy atom. The van der Waals surface area contributed by atoms with Crippen LogP contribution in [0, 0.1) is 0 Å². The fourth-order valence-electron chi connectivity index (χ4n) is 3.12. The van der Waals surface area contributed by atoms with Crippen LogP contribution in [0.25, 0.3) is 0 Å². The summed E-state index contributed by atoms with van der Waals surface area (Å²) in [4.78, 5) is 37.5. The predicted molar refractivity (Wildman–Crippen MR) is 105 cm³/mol. The second kappa shape index (κ2) is 8.45. The van der Waals surface area contributed by atoms with Crippen molar-refractivity contribution in [2.75, 3.05) is 19.8 Å². The third kappa shape index (κ3) is 5.00. The van der Waals surface area contributed by atoms with Gasteiger partial charge in [-0.3, -0.25) is 19.3 Å². The summed E-state index contributed by atoms with van der Waals surface area (Å²) < 4.78 is 10.8. The van der Waals surface area contributed by atoms with E-state index in [9.17, 15) is 19.5 Å². The van der Waals surface area contributed by atoms with E-state index < -0.39 is 29.9 Å². The van der Waals surface area contributed by atoms with E-state index in [4.69, 9.17) is 9.47 Å². The molecule has 152 valence electrons. The maximum atomic E-state index is 12.3. The van der Waals surface area contributed by atoms with Gasteiger partial charge in [-0.2, -0.15) is 0 Å². The van der Waals surface area contributed by atoms with E-state index in [0.29, 0.717) is 12.2 Å². The first kappa shape index (κ1) is 20.5. The summed E-state index contributed by atoms with van der Waals surface area (Å²) in [6.07, 6.45) is 0.419. The molecule has 0 spiro atoms. The van der Waals surface area contributed by atoms with Crippen molar-refractivity contribution in [1.82, 2.24) is 4.90 Å². The van der Waals surface area contributed by atoms with E-state index in [-0.39, 0.29) is 24.3 Å². The topological polar surface area (TPSA) is 93.1 Å². The standard InChI is InChI=1S/C22H23NO6/c1-22(2,27)13-15-7-3-6-10-18(15)28-11-12-29-19(24)14-23-20(25)16-8-4-5-9-17(16)21(23)26/h3-10,27H,11-14H2,1-2H3. The number of fused-ring (bicyclic) bond motifs is 1. The number of benzene rings is 2. The molecule has 0 saturated heterocycles. The molecule has 1 heterocycles. The lowest BCUT2D eigenvalue weighted by Gasteiger charge is -2.19. The quantitative estimate of drug-likeness (QED) is 0.417. The Hall–Kier alpha value is -3.19. The zero-order valence-electron chi connectivity index (χ0n) is 16.4. The minimum atomic E-state index is -0.877. The van der Waals surface area contributed by atoms with Gasteiger partial charge in [-0.25, -0.2) is 0 Å². The Kier molecular flexibility index (Phi) is 5.98. The first-order valence-corrected chi connectivity index (χ1v) is 9.30. The number of esters is 1. The molecule has 0 unspecified atom stereocenters. The normalized spacial score (nSPS) is 13.4. The van der Waals surface area contributed by atoms with Gasteiger partial charge < -0.3 is 14.6 Å². The average molecular weight is 397 g/mol. The summed E-state index contributed by atoms with van der Waals surface area (Å²) in [5.41, 5.74) is 0.546. The highest BCUT2D eigenvalue weighted by Crippen LogP contribution is 2.23. The molecule has 2 amide bonds. The smallest absolute Gasteiger partial charge is 0.326 e. The Bertz CT molecular complexity index is 896. The van der Waals surface area contributed by atoms with Crippen LogP contribution in [-0.4, -0.2) is 53.1 Å². The van der Waals surface area contributed by atoms with E-state index >= 15 is 0 Å².